The standard InChI is InChI=1S/C13H20ClNO/c1-4-8-15(9-5-2)12-7-6-11(14)10-13(12)16-3/h6-7,10H,4-5,8-9H2,1-3H3. The number of halogens is 1. The summed E-state index contributed by atoms with van der Waals surface area (Å²) >= 11 is 5.96. The first-order chi connectivity index (χ1) is 7.72. The molecule has 2 nitrogen and oxygen atoms in total. The summed E-state index contributed by atoms with van der Waals surface area (Å²) in [6.45, 7) is 6.47. The number of methoxy groups -OCH3 is 1. The summed E-state index contributed by atoms with van der Waals surface area (Å²) in [5, 5.41) is 0.716. The number of benzene rings is 1. The first-order valence-corrected chi connectivity index (χ1v) is 6.19. The van der Waals surface area contributed by atoms with Crippen molar-refractivity contribution in [2.75, 3.05) is 25.1 Å². The Balaban J connectivity index is 2.97. The third-order valence-corrected chi connectivity index (χ3v) is 2.70. The smallest absolute Gasteiger partial charge is 0.143 e. The van der Waals surface area contributed by atoms with Crippen LogP contribution in [0.3, 0.4) is 0 Å². The number of hydrogen-bond acceptors (Lipinski definition) is 2. The van der Waals surface area contributed by atoms with Crippen molar-refractivity contribution in [1.29, 1.82) is 0 Å². The SMILES string of the molecule is CCCN(CCC)c1ccc(Cl)cc1OC. The predicted octanol–water partition coefficient (Wildman–Crippen LogP) is 3.98. The fourth-order valence-electron chi connectivity index (χ4n) is 1.81. The average molecular weight is 242 g/mol. The zero-order valence-corrected chi connectivity index (χ0v) is 11.0. The van der Waals surface area contributed by atoms with Crippen LogP contribution in [-0.4, -0.2) is 20.2 Å². The monoisotopic (exact) mass is 241 g/mol. The second kappa shape index (κ2) is 6.64. The zero-order valence-electron chi connectivity index (χ0n) is 10.3. The quantitative estimate of drug-likeness (QED) is 0.747. The Hall–Kier alpha value is -0.890. The molecule has 1 aromatic carbocycles. The maximum Gasteiger partial charge on any atom is 0.143 e. The number of anilines is 1. The Morgan fingerprint density at radius 1 is 1.19 bits per heavy atom. The van der Waals surface area contributed by atoms with E-state index in [-0.39, 0.29) is 0 Å². The van der Waals surface area contributed by atoms with Crippen LogP contribution >= 0.6 is 11.6 Å². The molecule has 0 saturated heterocycles. The highest BCUT2D eigenvalue weighted by atomic mass is 35.5. The molecule has 0 aliphatic heterocycles. The van der Waals surface area contributed by atoms with E-state index in [2.05, 4.69) is 18.7 Å². The van der Waals surface area contributed by atoms with Crippen LogP contribution in [0.2, 0.25) is 5.02 Å². The highest BCUT2D eigenvalue weighted by Crippen LogP contribution is 2.31. The van der Waals surface area contributed by atoms with E-state index in [1.54, 1.807) is 7.11 Å². The number of ether oxygens (including phenoxy) is 1. The molecular weight excluding hydrogens is 222 g/mol. The van der Waals surface area contributed by atoms with E-state index in [0.29, 0.717) is 5.02 Å². The Morgan fingerprint density at radius 3 is 2.31 bits per heavy atom. The summed E-state index contributed by atoms with van der Waals surface area (Å²) in [6.07, 6.45) is 2.26. The van der Waals surface area contributed by atoms with Crippen LogP contribution in [0.4, 0.5) is 5.69 Å². The van der Waals surface area contributed by atoms with E-state index in [0.717, 1.165) is 37.4 Å². The molecule has 0 aromatic heterocycles. The summed E-state index contributed by atoms with van der Waals surface area (Å²) in [6, 6.07) is 5.82. The van der Waals surface area contributed by atoms with Crippen molar-refractivity contribution >= 4 is 17.3 Å². The fraction of sp³-hybridized carbons (Fsp3) is 0.538. The Morgan fingerprint density at radius 2 is 1.81 bits per heavy atom. The minimum Gasteiger partial charge on any atom is -0.495 e. The minimum atomic E-state index is 0.716. The highest BCUT2D eigenvalue weighted by Gasteiger charge is 2.10. The zero-order chi connectivity index (χ0) is 12.0. The molecule has 0 N–H and O–H groups in total. The van der Waals surface area contributed by atoms with Crippen molar-refractivity contribution in [2.24, 2.45) is 0 Å². The van der Waals surface area contributed by atoms with E-state index < -0.39 is 0 Å². The normalized spacial score (nSPS) is 10.2. The molecule has 1 aromatic rings. The third-order valence-electron chi connectivity index (χ3n) is 2.47. The minimum absolute atomic E-state index is 0.716. The lowest BCUT2D eigenvalue weighted by Gasteiger charge is -2.25. The highest BCUT2D eigenvalue weighted by molar-refractivity contribution is 6.30. The van der Waals surface area contributed by atoms with Gasteiger partial charge in [0.2, 0.25) is 0 Å². The van der Waals surface area contributed by atoms with E-state index >= 15 is 0 Å². The summed E-state index contributed by atoms with van der Waals surface area (Å²) in [5.74, 6) is 0.856. The molecule has 1 rings (SSSR count). The molecule has 0 radical (unpaired) electrons. The van der Waals surface area contributed by atoms with Crippen LogP contribution in [0.25, 0.3) is 0 Å². The third kappa shape index (κ3) is 3.31. The van der Waals surface area contributed by atoms with Gasteiger partial charge in [-0.1, -0.05) is 25.4 Å². The number of nitrogens with zero attached hydrogens (tertiary/aromatic N) is 1. The predicted molar refractivity (Wildman–Crippen MR) is 70.8 cm³/mol. The van der Waals surface area contributed by atoms with E-state index in [1.165, 1.54) is 0 Å². The van der Waals surface area contributed by atoms with Gasteiger partial charge in [-0.05, 0) is 25.0 Å². The topological polar surface area (TPSA) is 12.5 Å². The van der Waals surface area contributed by atoms with Gasteiger partial charge in [0.15, 0.2) is 0 Å². The Labute approximate surface area is 103 Å². The molecular formula is C13H20ClNO. The molecule has 0 aliphatic rings. The lowest BCUT2D eigenvalue weighted by atomic mass is 10.2. The van der Waals surface area contributed by atoms with Crippen molar-refractivity contribution in [3.63, 3.8) is 0 Å². The van der Waals surface area contributed by atoms with Gasteiger partial charge in [-0.25, -0.2) is 0 Å². The van der Waals surface area contributed by atoms with Crippen LogP contribution in [-0.2, 0) is 0 Å². The van der Waals surface area contributed by atoms with Crippen LogP contribution in [0.1, 0.15) is 26.7 Å². The Bertz CT molecular complexity index is 322. The molecule has 3 heteroatoms. The van der Waals surface area contributed by atoms with Crippen molar-refractivity contribution < 1.29 is 4.74 Å². The number of rotatable bonds is 6. The maximum atomic E-state index is 5.96. The number of hydrogen-bond donors (Lipinski definition) is 0. The van der Waals surface area contributed by atoms with Gasteiger partial charge in [0.25, 0.3) is 0 Å². The molecule has 0 aliphatic carbocycles. The van der Waals surface area contributed by atoms with E-state index in [1.807, 2.05) is 18.2 Å². The van der Waals surface area contributed by atoms with Crippen LogP contribution in [0.15, 0.2) is 18.2 Å². The second-order valence-electron chi connectivity index (χ2n) is 3.80. The van der Waals surface area contributed by atoms with Gasteiger partial charge in [-0.15, -0.1) is 0 Å². The van der Waals surface area contributed by atoms with Gasteiger partial charge in [0.05, 0.1) is 12.8 Å². The molecule has 0 amide bonds. The van der Waals surface area contributed by atoms with E-state index in [9.17, 15) is 0 Å². The van der Waals surface area contributed by atoms with Gasteiger partial charge in [-0.3, -0.25) is 0 Å². The molecule has 16 heavy (non-hydrogen) atoms. The first-order valence-electron chi connectivity index (χ1n) is 5.81. The van der Waals surface area contributed by atoms with Crippen LogP contribution < -0.4 is 9.64 Å². The van der Waals surface area contributed by atoms with E-state index in [4.69, 9.17) is 16.3 Å². The lowest BCUT2D eigenvalue weighted by Crippen LogP contribution is -2.25. The maximum absolute atomic E-state index is 5.96. The van der Waals surface area contributed by atoms with Crippen molar-refractivity contribution in [1.82, 2.24) is 0 Å². The van der Waals surface area contributed by atoms with Crippen molar-refractivity contribution in [3.05, 3.63) is 23.2 Å². The van der Waals surface area contributed by atoms with Gasteiger partial charge in [0.1, 0.15) is 5.75 Å². The van der Waals surface area contributed by atoms with Crippen molar-refractivity contribution in [2.45, 2.75) is 26.7 Å². The Kier molecular flexibility index (Phi) is 5.47. The summed E-state index contributed by atoms with van der Waals surface area (Å²) in [7, 11) is 1.69. The van der Waals surface area contributed by atoms with Crippen LogP contribution in [0.5, 0.6) is 5.75 Å². The molecule has 90 valence electrons. The van der Waals surface area contributed by atoms with Gasteiger partial charge in [-0.2, -0.15) is 0 Å². The molecule has 0 fully saturated rings. The molecule has 0 saturated carbocycles. The average Bonchev–Trinajstić information content (AvgIpc) is 2.28. The van der Waals surface area contributed by atoms with Crippen LogP contribution in [0, 0.1) is 0 Å². The molecule has 0 spiro atoms. The molecule has 0 heterocycles. The van der Waals surface area contributed by atoms with Gasteiger partial charge in [0, 0.05) is 24.2 Å². The largest absolute Gasteiger partial charge is 0.495 e. The van der Waals surface area contributed by atoms with Gasteiger partial charge < -0.3 is 9.64 Å². The lowest BCUT2D eigenvalue weighted by molar-refractivity contribution is 0.414. The van der Waals surface area contributed by atoms with Gasteiger partial charge >= 0.3 is 0 Å². The first kappa shape index (κ1) is 13.2. The molecule has 0 atom stereocenters. The summed E-state index contributed by atoms with van der Waals surface area (Å²) in [5.41, 5.74) is 1.13. The second-order valence-corrected chi connectivity index (χ2v) is 4.24. The summed E-state index contributed by atoms with van der Waals surface area (Å²) < 4.78 is 5.37. The summed E-state index contributed by atoms with van der Waals surface area (Å²) in [4.78, 5) is 2.34. The molecule has 0 unspecified atom stereocenters. The molecule has 0 bridgehead atoms. The van der Waals surface area contributed by atoms with Crippen molar-refractivity contribution in [3.8, 4) is 5.75 Å². The fourth-order valence-corrected chi connectivity index (χ4v) is 1.97.